The normalized spacial score (nSPS) is 23.3. The lowest BCUT2D eigenvalue weighted by atomic mass is 10.0. The fourth-order valence-electron chi connectivity index (χ4n) is 2.66. The van der Waals surface area contributed by atoms with Crippen LogP contribution in [-0.2, 0) is 14.3 Å². The van der Waals surface area contributed by atoms with Gasteiger partial charge in [-0.15, -0.1) is 0 Å². The molecule has 0 fully saturated rings. The van der Waals surface area contributed by atoms with Crippen molar-refractivity contribution >= 4 is 34.5 Å². The van der Waals surface area contributed by atoms with Crippen LogP contribution in [0, 0.1) is 0 Å². The van der Waals surface area contributed by atoms with Crippen molar-refractivity contribution in [2.75, 3.05) is 14.2 Å². The molecule has 0 spiro atoms. The van der Waals surface area contributed by atoms with E-state index in [1.165, 1.54) is 19.2 Å². The van der Waals surface area contributed by atoms with Gasteiger partial charge < -0.3 is 14.6 Å². The number of aliphatic hydroxyl groups is 1. The second kappa shape index (κ2) is 7.52. The van der Waals surface area contributed by atoms with Crippen molar-refractivity contribution in [3.8, 4) is 5.75 Å². The number of alkyl halides is 3. The van der Waals surface area contributed by atoms with Gasteiger partial charge in [-0.25, -0.2) is 4.79 Å². The van der Waals surface area contributed by atoms with Crippen LogP contribution in [0.3, 0.4) is 0 Å². The van der Waals surface area contributed by atoms with Gasteiger partial charge in [-0.2, -0.15) is 28.3 Å². The van der Waals surface area contributed by atoms with Crippen LogP contribution in [0.1, 0.15) is 12.0 Å². The van der Waals surface area contributed by atoms with Gasteiger partial charge in [0.05, 0.1) is 31.3 Å². The molecule has 1 aromatic carbocycles. The second-order valence-corrected chi connectivity index (χ2v) is 6.89. The van der Waals surface area contributed by atoms with Gasteiger partial charge >= 0.3 is 12.1 Å². The van der Waals surface area contributed by atoms with Gasteiger partial charge in [0.1, 0.15) is 5.75 Å². The van der Waals surface area contributed by atoms with E-state index in [2.05, 4.69) is 14.8 Å². The monoisotopic (exact) mass is 429 g/mol. The smallest absolute Gasteiger partial charge is 0.438 e. The Labute approximate surface area is 166 Å². The Morgan fingerprint density at radius 1 is 1.34 bits per heavy atom. The van der Waals surface area contributed by atoms with E-state index in [9.17, 15) is 27.9 Å². The maximum absolute atomic E-state index is 13.7. The third kappa shape index (κ3) is 3.72. The maximum atomic E-state index is 13.7. The van der Waals surface area contributed by atoms with Crippen LogP contribution in [0.5, 0.6) is 5.75 Å². The summed E-state index contributed by atoms with van der Waals surface area (Å²) in [7, 11) is 2.43. The van der Waals surface area contributed by atoms with Crippen molar-refractivity contribution in [3.63, 3.8) is 0 Å². The summed E-state index contributed by atoms with van der Waals surface area (Å²) in [6.07, 6.45) is -5.24. The van der Waals surface area contributed by atoms with Crippen molar-refractivity contribution in [1.82, 2.24) is 5.01 Å². The van der Waals surface area contributed by atoms with E-state index in [1.807, 2.05) is 0 Å². The zero-order valence-corrected chi connectivity index (χ0v) is 15.9. The Hall–Kier alpha value is -2.86. The molecule has 2 aliphatic rings. The van der Waals surface area contributed by atoms with Gasteiger partial charge in [0, 0.05) is 11.6 Å². The number of amides is 1. The van der Waals surface area contributed by atoms with Gasteiger partial charge in [-0.3, -0.25) is 4.79 Å². The van der Waals surface area contributed by atoms with Gasteiger partial charge in [0.2, 0.25) is 0 Å². The molecule has 8 nitrogen and oxygen atoms in total. The number of benzene rings is 1. The lowest BCUT2D eigenvalue weighted by molar-refractivity contribution is -0.294. The molecule has 1 N–H and O–H groups in total. The van der Waals surface area contributed by atoms with Crippen molar-refractivity contribution in [2.45, 2.75) is 18.3 Å². The van der Waals surface area contributed by atoms with E-state index in [0.717, 1.165) is 13.2 Å². The van der Waals surface area contributed by atoms with Gasteiger partial charge in [0.25, 0.3) is 11.6 Å². The van der Waals surface area contributed by atoms with Crippen LogP contribution >= 0.6 is 11.8 Å². The average molecular weight is 429 g/mol. The molecule has 0 aromatic heterocycles. The second-order valence-electron chi connectivity index (χ2n) is 5.88. The van der Waals surface area contributed by atoms with Crippen molar-refractivity contribution in [1.29, 1.82) is 0 Å². The number of thioether (sulfide) groups is 1. The summed E-state index contributed by atoms with van der Waals surface area (Å²) >= 11 is 0.474. The highest BCUT2D eigenvalue weighted by molar-refractivity contribution is 8.18. The lowest BCUT2D eigenvalue weighted by Crippen LogP contribution is -2.56. The van der Waals surface area contributed by atoms with Crippen molar-refractivity contribution < 1.29 is 37.3 Å². The molecular formula is C17H14F3N3O5S. The first-order valence-corrected chi connectivity index (χ1v) is 8.83. The number of carbonyl (C=O) groups excluding carboxylic acids is 2. The van der Waals surface area contributed by atoms with E-state index in [4.69, 9.17) is 4.74 Å². The topological polar surface area (TPSA) is 101 Å². The number of para-hydroxylation sites is 1. The van der Waals surface area contributed by atoms with Crippen LogP contribution in [0.2, 0.25) is 0 Å². The third-order valence-corrected chi connectivity index (χ3v) is 5.06. The number of aliphatic imine (C=N–C) groups is 1. The summed E-state index contributed by atoms with van der Waals surface area (Å²) in [5.41, 5.74) is -3.29. The highest BCUT2D eigenvalue weighted by atomic mass is 32.2. The fraction of sp³-hybridized carbons (Fsp3) is 0.294. The number of nitrogens with zero attached hydrogens (tertiary/aromatic N) is 3. The van der Waals surface area contributed by atoms with E-state index < -0.39 is 35.4 Å². The van der Waals surface area contributed by atoms with E-state index in [1.54, 1.807) is 12.1 Å². The van der Waals surface area contributed by atoms with Crippen LogP contribution < -0.4 is 4.74 Å². The molecule has 0 saturated heterocycles. The summed E-state index contributed by atoms with van der Waals surface area (Å²) in [6.45, 7) is 0. The number of hydrogen-bond acceptors (Lipinski definition) is 8. The molecule has 1 atom stereocenters. The first kappa shape index (κ1) is 20.9. The summed E-state index contributed by atoms with van der Waals surface area (Å²) in [6, 6.07) is 6.24. The van der Waals surface area contributed by atoms with E-state index in [-0.39, 0.29) is 26.9 Å². The molecule has 1 unspecified atom stereocenters. The van der Waals surface area contributed by atoms with Crippen LogP contribution in [0.4, 0.5) is 13.2 Å². The molecule has 2 aliphatic heterocycles. The summed E-state index contributed by atoms with van der Waals surface area (Å²) in [5, 5.41) is 14.1. The zero-order valence-electron chi connectivity index (χ0n) is 15.1. The number of halogens is 3. The van der Waals surface area contributed by atoms with E-state index >= 15 is 0 Å². The highest BCUT2D eigenvalue weighted by Crippen LogP contribution is 2.45. The van der Waals surface area contributed by atoms with Crippen LogP contribution in [0.25, 0.3) is 0 Å². The minimum absolute atomic E-state index is 0.108. The SMILES string of the molecule is COC(=O)C=C1SC(N2N=C(c3ccccc3OC)CC2(O)C(F)(F)F)=NC1=O. The minimum atomic E-state index is -5.12. The Kier molecular flexibility index (Phi) is 5.41. The first-order valence-electron chi connectivity index (χ1n) is 8.01. The standard InChI is InChI=1S/C17H14F3N3O5S/c1-27-11-6-4-3-5-9(11)10-8-16(26,17(18,19)20)23(22-10)15-21-14(25)12(29-15)7-13(24)28-2/h3-7,26H,8H2,1-2H3. The molecule has 0 saturated carbocycles. The molecule has 0 bridgehead atoms. The number of carbonyl (C=O) groups is 2. The summed E-state index contributed by atoms with van der Waals surface area (Å²) in [5.74, 6) is -1.55. The number of esters is 1. The van der Waals surface area contributed by atoms with Gasteiger partial charge in [-0.1, -0.05) is 12.1 Å². The number of hydrogen-bond donors (Lipinski definition) is 1. The molecule has 0 radical (unpaired) electrons. The Morgan fingerprint density at radius 3 is 2.66 bits per heavy atom. The average Bonchev–Trinajstić information content (AvgIpc) is 3.22. The van der Waals surface area contributed by atoms with Crippen LogP contribution in [-0.4, -0.2) is 59.0 Å². The van der Waals surface area contributed by atoms with Crippen molar-refractivity contribution in [3.05, 3.63) is 40.8 Å². The summed E-state index contributed by atoms with van der Waals surface area (Å²) < 4.78 is 50.8. The number of hydrazone groups is 1. The van der Waals surface area contributed by atoms with Crippen LogP contribution in [0.15, 0.2) is 45.3 Å². The molecule has 29 heavy (non-hydrogen) atoms. The predicted octanol–water partition coefficient (Wildman–Crippen LogP) is 2.04. The van der Waals surface area contributed by atoms with Gasteiger partial charge in [-0.05, 0) is 23.9 Å². The Morgan fingerprint density at radius 2 is 2.03 bits per heavy atom. The van der Waals surface area contributed by atoms with E-state index in [0.29, 0.717) is 11.8 Å². The molecule has 1 aromatic rings. The summed E-state index contributed by atoms with van der Waals surface area (Å²) in [4.78, 5) is 26.6. The minimum Gasteiger partial charge on any atom is -0.496 e. The number of amidine groups is 1. The Balaban J connectivity index is 2.03. The van der Waals surface area contributed by atoms with Crippen molar-refractivity contribution in [2.24, 2.45) is 10.1 Å². The predicted molar refractivity (Wildman–Crippen MR) is 97.1 cm³/mol. The number of methoxy groups -OCH3 is 2. The largest absolute Gasteiger partial charge is 0.496 e. The lowest BCUT2D eigenvalue weighted by Gasteiger charge is -2.33. The molecule has 12 heteroatoms. The number of ether oxygens (including phenoxy) is 2. The zero-order chi connectivity index (χ0) is 21.4. The molecule has 2 heterocycles. The fourth-order valence-corrected chi connectivity index (χ4v) is 3.55. The first-order chi connectivity index (χ1) is 13.6. The number of rotatable bonds is 3. The molecule has 154 valence electrons. The molecule has 0 aliphatic carbocycles. The molecule has 3 rings (SSSR count). The quantitative estimate of drug-likeness (QED) is 0.580. The molecule has 1 amide bonds. The third-order valence-electron chi connectivity index (χ3n) is 4.10. The Bertz CT molecular complexity index is 960. The highest BCUT2D eigenvalue weighted by Gasteiger charge is 2.63. The molecular weight excluding hydrogens is 415 g/mol. The van der Waals surface area contributed by atoms with Gasteiger partial charge in [0.15, 0.2) is 5.17 Å². The maximum Gasteiger partial charge on any atom is 0.438 e.